The van der Waals surface area contributed by atoms with E-state index < -0.39 is 34.0 Å². The van der Waals surface area contributed by atoms with Gasteiger partial charge < -0.3 is 37.2 Å². The van der Waals surface area contributed by atoms with Gasteiger partial charge in [-0.15, -0.1) is 0 Å². The van der Waals surface area contributed by atoms with Gasteiger partial charge in [0.15, 0.2) is 5.82 Å². The number of rotatable bonds is 10. The van der Waals surface area contributed by atoms with Gasteiger partial charge in [-0.1, -0.05) is 17.7 Å². The molecule has 0 fully saturated rings. The van der Waals surface area contributed by atoms with E-state index in [1.165, 1.54) is 24.3 Å². The number of carboxylic acid groups (broad SMARTS) is 2. The van der Waals surface area contributed by atoms with Crippen molar-refractivity contribution in [2.45, 2.75) is 36.7 Å². The summed E-state index contributed by atoms with van der Waals surface area (Å²) in [6, 6.07) is 10.9. The first-order valence-electron chi connectivity index (χ1n) is 12.8. The van der Waals surface area contributed by atoms with Crippen LogP contribution in [0.15, 0.2) is 58.2 Å². The van der Waals surface area contributed by atoms with Crippen molar-refractivity contribution in [2.24, 2.45) is 0 Å². The van der Waals surface area contributed by atoms with E-state index in [-0.39, 0.29) is 40.9 Å². The molecule has 16 nitrogen and oxygen atoms in total. The molecule has 1 aromatic heterocycles. The van der Waals surface area contributed by atoms with Crippen molar-refractivity contribution >= 4 is 51.1 Å². The number of nitrogens with zero attached hydrogens (tertiary/aromatic N) is 1. The molecule has 2 atom stereocenters. The lowest BCUT2D eigenvalue weighted by molar-refractivity contribution is -0.140. The molecule has 10 N–H and O–H groups in total. The highest BCUT2D eigenvalue weighted by atomic mass is 32.2. The number of aryl methyl sites for hydroxylation is 1. The minimum absolute atomic E-state index is 0.0281. The minimum Gasteiger partial charge on any atom is -0.481 e. The molecule has 3 aromatic rings. The predicted molar refractivity (Wildman–Crippen MR) is 157 cm³/mol. The van der Waals surface area contributed by atoms with Crippen molar-refractivity contribution in [1.29, 1.82) is 0 Å². The van der Waals surface area contributed by atoms with Crippen LogP contribution in [0.25, 0.3) is 0 Å². The van der Waals surface area contributed by atoms with Gasteiger partial charge in [-0.05, 0) is 49.7 Å². The quantitative estimate of drug-likeness (QED) is 0.143. The number of aromatic nitrogens is 2. The normalized spacial score (nSPS) is 14.4. The number of fused-ring (bicyclic) bond motifs is 1. The Balaban J connectivity index is 0.000000386. The van der Waals surface area contributed by atoms with Gasteiger partial charge in [0, 0.05) is 30.8 Å². The van der Waals surface area contributed by atoms with Crippen LogP contribution < -0.4 is 32.6 Å². The predicted octanol–water partition coefficient (Wildman–Crippen LogP) is 0.960. The van der Waals surface area contributed by atoms with Crippen molar-refractivity contribution in [1.82, 2.24) is 15.3 Å². The fourth-order valence-electron chi connectivity index (χ4n) is 3.81. The van der Waals surface area contributed by atoms with E-state index >= 15 is 0 Å². The molecule has 1 aliphatic rings. The third-order valence-electron chi connectivity index (χ3n) is 6.07. The van der Waals surface area contributed by atoms with Crippen LogP contribution in [0.2, 0.25) is 0 Å². The van der Waals surface area contributed by atoms with Crippen LogP contribution in [0.5, 0.6) is 0 Å². The summed E-state index contributed by atoms with van der Waals surface area (Å²) in [6.07, 6.45) is -0.587. The number of nitrogen functional groups attached to an aromatic ring is 1. The number of amides is 1. The summed E-state index contributed by atoms with van der Waals surface area (Å²) in [4.78, 5) is 52.5. The fraction of sp³-hybridized carbons (Fsp3) is 0.269. The third kappa shape index (κ3) is 9.72. The minimum atomic E-state index is -4.02. The number of hydrogen-bond donors (Lipinski definition) is 9. The Hall–Kier alpha value is -5.16. The highest BCUT2D eigenvalue weighted by molar-refractivity contribution is 7.85. The maximum absolute atomic E-state index is 12.3. The Bertz CT molecular complexity index is 1630. The second kappa shape index (κ2) is 14.1. The smallest absolute Gasteiger partial charge is 0.326 e. The van der Waals surface area contributed by atoms with Gasteiger partial charge in [0.05, 0.1) is 10.9 Å². The van der Waals surface area contributed by atoms with E-state index in [1.54, 1.807) is 24.3 Å². The molecule has 0 radical (unpaired) electrons. The molecule has 0 bridgehead atoms. The molecule has 1 aliphatic heterocycles. The topological polar surface area (TPSA) is 266 Å². The van der Waals surface area contributed by atoms with Crippen LogP contribution in [-0.2, 0) is 19.7 Å². The Kier molecular flexibility index (Phi) is 10.6. The van der Waals surface area contributed by atoms with E-state index in [9.17, 15) is 27.6 Å². The van der Waals surface area contributed by atoms with Gasteiger partial charge in [0.25, 0.3) is 21.6 Å². The average molecular weight is 618 g/mol. The Morgan fingerprint density at radius 1 is 1.09 bits per heavy atom. The number of hydrogen-bond acceptors (Lipinski definition) is 11. The standard InChI is InChI=1S/C19H23N7O6.C7H8O3S/c20-19-25-15-14(17(30)26-19)23-11(8-22-15)7-21-10-3-1-9(2-4-10)16(29)24-12(18(31)32)5-6-13(27)28;1-6-2-4-7(5-3-6)11(8,9)10/h1-4,11-12,21,23H,5-8H2,(H,24,29)(H,27,28)(H,31,32)(H4,20,22,25,26,30);2-5H,1H3,(H,8,9,10)/t11-,12+;/m1./s1. The molecule has 2 aromatic carbocycles. The number of carbonyl (C=O) groups excluding carboxylic acids is 1. The highest BCUT2D eigenvalue weighted by Gasteiger charge is 2.23. The number of carboxylic acids is 2. The number of H-pyrrole nitrogens is 1. The second-order valence-corrected chi connectivity index (χ2v) is 10.9. The van der Waals surface area contributed by atoms with Crippen LogP contribution in [0.3, 0.4) is 0 Å². The molecule has 0 unspecified atom stereocenters. The summed E-state index contributed by atoms with van der Waals surface area (Å²) in [7, 11) is -4.02. The Morgan fingerprint density at radius 3 is 2.33 bits per heavy atom. The maximum Gasteiger partial charge on any atom is 0.326 e. The van der Waals surface area contributed by atoms with Crippen molar-refractivity contribution in [3.63, 3.8) is 0 Å². The van der Waals surface area contributed by atoms with Crippen molar-refractivity contribution in [3.05, 3.63) is 70.0 Å². The lowest BCUT2D eigenvalue weighted by Crippen LogP contribution is -2.41. The lowest BCUT2D eigenvalue weighted by Gasteiger charge is -2.27. The third-order valence-corrected chi connectivity index (χ3v) is 6.94. The van der Waals surface area contributed by atoms with E-state index in [4.69, 9.17) is 20.5 Å². The zero-order valence-electron chi connectivity index (χ0n) is 22.8. The second-order valence-electron chi connectivity index (χ2n) is 9.44. The van der Waals surface area contributed by atoms with E-state index in [0.717, 1.165) is 5.56 Å². The van der Waals surface area contributed by atoms with E-state index in [0.29, 0.717) is 30.3 Å². The molecule has 1 amide bonds. The molecule has 17 heteroatoms. The maximum atomic E-state index is 12.3. The molecule has 0 spiro atoms. The lowest BCUT2D eigenvalue weighted by atomic mass is 10.1. The summed E-state index contributed by atoms with van der Waals surface area (Å²) in [6.45, 7) is 2.80. The molecule has 43 heavy (non-hydrogen) atoms. The largest absolute Gasteiger partial charge is 0.481 e. The van der Waals surface area contributed by atoms with Crippen LogP contribution >= 0.6 is 0 Å². The summed E-state index contributed by atoms with van der Waals surface area (Å²) < 4.78 is 29.6. The number of nitrogens with two attached hydrogens (primary N) is 1. The van der Waals surface area contributed by atoms with Crippen molar-refractivity contribution in [3.8, 4) is 0 Å². The first-order valence-corrected chi connectivity index (χ1v) is 14.2. The van der Waals surface area contributed by atoms with Gasteiger partial charge >= 0.3 is 11.9 Å². The summed E-state index contributed by atoms with van der Waals surface area (Å²) >= 11 is 0. The fourth-order valence-corrected chi connectivity index (χ4v) is 4.29. The van der Waals surface area contributed by atoms with Crippen molar-refractivity contribution < 1.29 is 37.6 Å². The average Bonchev–Trinajstić information content (AvgIpc) is 2.94. The first kappa shape index (κ1) is 32.4. The van der Waals surface area contributed by atoms with Gasteiger partial charge in [-0.2, -0.15) is 13.4 Å². The van der Waals surface area contributed by atoms with Gasteiger partial charge in [-0.3, -0.25) is 23.9 Å². The molecule has 0 aliphatic carbocycles. The number of aromatic amines is 1. The summed E-state index contributed by atoms with van der Waals surface area (Å²) in [5.74, 6) is -2.64. The molecular weight excluding hydrogens is 586 g/mol. The Morgan fingerprint density at radius 2 is 1.74 bits per heavy atom. The summed E-state index contributed by atoms with van der Waals surface area (Å²) in [5, 5.41) is 29.5. The molecule has 4 rings (SSSR count). The van der Waals surface area contributed by atoms with Crippen LogP contribution in [0.4, 0.5) is 23.1 Å². The zero-order valence-corrected chi connectivity index (χ0v) is 23.6. The van der Waals surface area contributed by atoms with Gasteiger partial charge in [-0.25, -0.2) is 4.79 Å². The van der Waals surface area contributed by atoms with Crippen molar-refractivity contribution in [2.75, 3.05) is 34.8 Å². The van der Waals surface area contributed by atoms with Crippen LogP contribution in [0, 0.1) is 6.92 Å². The molecular formula is C26H31N7O9S. The molecule has 230 valence electrons. The van der Waals surface area contributed by atoms with Gasteiger partial charge in [0.1, 0.15) is 11.7 Å². The summed E-state index contributed by atoms with van der Waals surface area (Å²) in [5.41, 5.74) is 7.36. The number of benzene rings is 2. The number of nitrogens with one attached hydrogen (secondary N) is 5. The first-order chi connectivity index (χ1) is 20.2. The SMILES string of the molecule is Cc1ccc(S(=O)(=O)O)cc1.Nc1nc2c(c(=O)[nH]1)N[C@H](CNc1ccc(C(=O)N[C@@H](CCC(=O)O)C(=O)O)cc1)CN2. The number of carbonyl (C=O) groups is 3. The highest BCUT2D eigenvalue weighted by Crippen LogP contribution is 2.20. The van der Waals surface area contributed by atoms with Gasteiger partial charge in [0.2, 0.25) is 5.95 Å². The monoisotopic (exact) mass is 617 g/mol. The zero-order chi connectivity index (χ0) is 31.7. The Labute approximate surface area is 245 Å². The van der Waals surface area contributed by atoms with Crippen LogP contribution in [-0.4, -0.2) is 76.2 Å². The number of aliphatic carboxylic acids is 2. The van der Waals surface area contributed by atoms with E-state index in [2.05, 4.69) is 31.2 Å². The molecule has 2 heterocycles. The molecule has 0 saturated carbocycles. The van der Waals surface area contributed by atoms with E-state index in [1.807, 2.05) is 6.92 Å². The molecule has 0 saturated heterocycles. The van der Waals surface area contributed by atoms with Crippen LogP contribution in [0.1, 0.15) is 28.8 Å². The number of anilines is 4.